The van der Waals surface area contributed by atoms with Gasteiger partial charge in [-0.1, -0.05) is 19.2 Å². The molecule has 2 N–H and O–H groups in total. The number of nitrogens with one attached hydrogen (secondary N) is 1. The molecule has 0 rings (SSSR count). The molecular formula is C8H15NO. The maximum absolute atomic E-state index is 9.35. The Labute approximate surface area is 62.3 Å². The molecule has 0 aliphatic carbocycles. The lowest BCUT2D eigenvalue weighted by Crippen LogP contribution is -2.35. The topological polar surface area (TPSA) is 32.3 Å². The highest BCUT2D eigenvalue weighted by Crippen LogP contribution is 2.03. The zero-order valence-corrected chi connectivity index (χ0v) is 6.59. The van der Waals surface area contributed by atoms with E-state index in [0.29, 0.717) is 5.57 Å². The maximum Gasteiger partial charge on any atom is 0.0934 e. The lowest BCUT2D eigenvalue weighted by atomic mass is 10.1. The molecule has 0 amide bonds. The van der Waals surface area contributed by atoms with Crippen molar-refractivity contribution in [2.75, 3.05) is 7.05 Å². The molecule has 0 fully saturated rings. The Hall–Kier alpha value is -0.600. The van der Waals surface area contributed by atoms with E-state index in [2.05, 4.69) is 18.5 Å². The molecule has 2 unspecified atom stereocenters. The third kappa shape index (κ3) is 2.33. The summed E-state index contributed by atoms with van der Waals surface area (Å²) >= 11 is 0. The number of likely N-dealkylation sites (N-methyl/N-ethyl adjacent to an activating group) is 1. The van der Waals surface area contributed by atoms with Crippen LogP contribution < -0.4 is 5.32 Å². The van der Waals surface area contributed by atoms with E-state index in [-0.39, 0.29) is 6.04 Å². The Morgan fingerprint density at radius 1 is 1.70 bits per heavy atom. The van der Waals surface area contributed by atoms with Gasteiger partial charge in [0.15, 0.2) is 0 Å². The fourth-order valence-corrected chi connectivity index (χ4v) is 0.600. The second kappa shape index (κ2) is 4.25. The van der Waals surface area contributed by atoms with Gasteiger partial charge >= 0.3 is 0 Å². The van der Waals surface area contributed by atoms with Gasteiger partial charge in [0.05, 0.1) is 6.10 Å². The molecular weight excluding hydrogens is 126 g/mol. The largest absolute Gasteiger partial charge is 0.387 e. The van der Waals surface area contributed by atoms with Gasteiger partial charge in [-0.3, -0.25) is 0 Å². The van der Waals surface area contributed by atoms with E-state index in [0.717, 1.165) is 0 Å². The van der Waals surface area contributed by atoms with Crippen molar-refractivity contribution in [1.82, 2.24) is 5.32 Å². The SMILES string of the molecule is C=CC(=C)C(O)C(C)NC. The van der Waals surface area contributed by atoms with Gasteiger partial charge in [0.2, 0.25) is 0 Å². The molecule has 58 valence electrons. The van der Waals surface area contributed by atoms with Crippen molar-refractivity contribution >= 4 is 0 Å². The summed E-state index contributed by atoms with van der Waals surface area (Å²) in [4.78, 5) is 0. The zero-order chi connectivity index (χ0) is 8.15. The molecule has 0 saturated heterocycles. The average Bonchev–Trinajstić information content (AvgIpc) is 2.00. The van der Waals surface area contributed by atoms with E-state index in [1.807, 2.05) is 6.92 Å². The van der Waals surface area contributed by atoms with Crippen molar-refractivity contribution in [3.05, 3.63) is 24.8 Å². The number of hydrogen-bond donors (Lipinski definition) is 2. The third-order valence-electron chi connectivity index (χ3n) is 1.57. The lowest BCUT2D eigenvalue weighted by molar-refractivity contribution is 0.176. The van der Waals surface area contributed by atoms with Crippen molar-refractivity contribution in [2.24, 2.45) is 0 Å². The van der Waals surface area contributed by atoms with E-state index in [1.54, 1.807) is 13.1 Å². The summed E-state index contributed by atoms with van der Waals surface area (Å²) in [5.41, 5.74) is 0.654. The maximum atomic E-state index is 9.35. The number of rotatable bonds is 4. The normalized spacial score (nSPS) is 15.9. The lowest BCUT2D eigenvalue weighted by Gasteiger charge is -2.17. The molecule has 0 aromatic heterocycles. The van der Waals surface area contributed by atoms with Crippen LogP contribution in [0.3, 0.4) is 0 Å². The highest BCUT2D eigenvalue weighted by atomic mass is 16.3. The molecule has 10 heavy (non-hydrogen) atoms. The fraction of sp³-hybridized carbons (Fsp3) is 0.500. The minimum absolute atomic E-state index is 0.0329. The zero-order valence-electron chi connectivity index (χ0n) is 6.59. The Balaban J connectivity index is 3.93. The standard InChI is InChI=1S/C8H15NO/c1-5-6(2)8(10)7(3)9-4/h5,7-10H,1-2H2,3-4H3. The highest BCUT2D eigenvalue weighted by Gasteiger charge is 2.12. The predicted molar refractivity (Wildman–Crippen MR) is 43.9 cm³/mol. The molecule has 0 aromatic carbocycles. The van der Waals surface area contributed by atoms with E-state index >= 15 is 0 Å². The van der Waals surface area contributed by atoms with Gasteiger partial charge in [-0.25, -0.2) is 0 Å². The van der Waals surface area contributed by atoms with Gasteiger partial charge in [-0.05, 0) is 19.5 Å². The minimum atomic E-state index is -0.525. The van der Waals surface area contributed by atoms with Gasteiger partial charge in [-0.15, -0.1) is 0 Å². The molecule has 2 atom stereocenters. The predicted octanol–water partition coefficient (Wildman–Crippen LogP) is 0.697. The molecule has 0 spiro atoms. The van der Waals surface area contributed by atoms with Gasteiger partial charge < -0.3 is 10.4 Å². The molecule has 0 bridgehead atoms. The van der Waals surface area contributed by atoms with Crippen LogP contribution in [-0.4, -0.2) is 24.3 Å². The first-order valence-corrected chi connectivity index (χ1v) is 3.30. The van der Waals surface area contributed by atoms with Gasteiger partial charge in [0.1, 0.15) is 0 Å². The number of hydrogen-bond acceptors (Lipinski definition) is 2. The molecule has 0 aliphatic rings. The third-order valence-corrected chi connectivity index (χ3v) is 1.57. The Kier molecular flexibility index (Phi) is 4.00. The fourth-order valence-electron chi connectivity index (χ4n) is 0.600. The summed E-state index contributed by atoms with van der Waals surface area (Å²) in [6.45, 7) is 9.03. The van der Waals surface area contributed by atoms with Gasteiger partial charge in [0.25, 0.3) is 0 Å². The van der Waals surface area contributed by atoms with Crippen LogP contribution in [0.2, 0.25) is 0 Å². The van der Waals surface area contributed by atoms with Crippen molar-refractivity contribution < 1.29 is 5.11 Å². The van der Waals surface area contributed by atoms with Crippen LogP contribution in [0.25, 0.3) is 0 Å². The van der Waals surface area contributed by atoms with Crippen molar-refractivity contribution in [3.63, 3.8) is 0 Å². The summed E-state index contributed by atoms with van der Waals surface area (Å²) < 4.78 is 0. The number of aliphatic hydroxyl groups is 1. The van der Waals surface area contributed by atoms with Gasteiger partial charge in [0, 0.05) is 6.04 Å². The van der Waals surface area contributed by atoms with Crippen LogP contribution in [0, 0.1) is 0 Å². The van der Waals surface area contributed by atoms with Crippen molar-refractivity contribution in [2.45, 2.75) is 19.1 Å². The minimum Gasteiger partial charge on any atom is -0.387 e. The first-order valence-electron chi connectivity index (χ1n) is 3.30. The summed E-state index contributed by atoms with van der Waals surface area (Å²) in [6.07, 6.45) is 1.04. The van der Waals surface area contributed by atoms with Crippen LogP contribution in [-0.2, 0) is 0 Å². The Morgan fingerprint density at radius 2 is 2.20 bits per heavy atom. The quantitative estimate of drug-likeness (QED) is 0.565. The summed E-state index contributed by atoms with van der Waals surface area (Å²) in [7, 11) is 1.80. The molecule has 0 aromatic rings. The average molecular weight is 141 g/mol. The van der Waals surface area contributed by atoms with Crippen LogP contribution in [0.5, 0.6) is 0 Å². The Morgan fingerprint density at radius 3 is 2.50 bits per heavy atom. The van der Waals surface area contributed by atoms with Crippen LogP contribution in [0.15, 0.2) is 24.8 Å². The number of aliphatic hydroxyl groups excluding tert-OH is 1. The molecule has 2 nitrogen and oxygen atoms in total. The second-order valence-corrected chi connectivity index (χ2v) is 2.30. The van der Waals surface area contributed by atoms with E-state index in [9.17, 15) is 5.11 Å². The molecule has 0 heterocycles. The first kappa shape index (κ1) is 9.40. The summed E-state index contributed by atoms with van der Waals surface area (Å²) in [5.74, 6) is 0. The summed E-state index contributed by atoms with van der Waals surface area (Å²) in [6, 6.07) is 0.0329. The molecule has 0 saturated carbocycles. The van der Waals surface area contributed by atoms with Crippen LogP contribution in [0.4, 0.5) is 0 Å². The molecule has 0 radical (unpaired) electrons. The van der Waals surface area contributed by atoms with Crippen molar-refractivity contribution in [1.29, 1.82) is 0 Å². The molecule has 2 heteroatoms. The van der Waals surface area contributed by atoms with Crippen LogP contribution in [0.1, 0.15) is 6.92 Å². The Bertz CT molecular complexity index is 131. The van der Waals surface area contributed by atoms with Crippen LogP contribution >= 0.6 is 0 Å². The van der Waals surface area contributed by atoms with Crippen molar-refractivity contribution in [3.8, 4) is 0 Å². The second-order valence-electron chi connectivity index (χ2n) is 2.30. The van der Waals surface area contributed by atoms with E-state index < -0.39 is 6.10 Å². The molecule has 0 aliphatic heterocycles. The van der Waals surface area contributed by atoms with E-state index in [4.69, 9.17) is 0 Å². The monoisotopic (exact) mass is 141 g/mol. The smallest absolute Gasteiger partial charge is 0.0934 e. The van der Waals surface area contributed by atoms with Gasteiger partial charge in [-0.2, -0.15) is 0 Å². The highest BCUT2D eigenvalue weighted by molar-refractivity contribution is 5.17. The van der Waals surface area contributed by atoms with E-state index in [1.165, 1.54) is 0 Å². The summed E-state index contributed by atoms with van der Waals surface area (Å²) in [5, 5.41) is 12.3. The first-order chi connectivity index (χ1) is 4.63.